The number of likely N-dealkylation sites (tertiary alicyclic amines) is 1. The third-order valence-corrected chi connectivity index (χ3v) is 6.45. The molecule has 2 heterocycles. The second kappa shape index (κ2) is 7.34. The fourth-order valence-corrected chi connectivity index (χ4v) is 4.89. The van der Waals surface area contributed by atoms with E-state index in [1.165, 1.54) is 11.1 Å². The number of carbonyl (C=O) groups is 1. The Kier molecular flexibility index (Phi) is 5.05. The number of thiocarbonyl (C=S) groups is 1. The van der Waals surface area contributed by atoms with Crippen LogP contribution in [0.2, 0.25) is 0 Å². The summed E-state index contributed by atoms with van der Waals surface area (Å²) in [5.74, 6) is 0.291. The number of hydrogen-bond acceptors (Lipinski definition) is 2. The van der Waals surface area contributed by atoms with Crippen LogP contribution in [0.1, 0.15) is 33.8 Å². The molecule has 1 fully saturated rings. The number of benzene rings is 2. The van der Waals surface area contributed by atoms with E-state index in [4.69, 9.17) is 12.2 Å². The Balaban J connectivity index is 1.61. The van der Waals surface area contributed by atoms with E-state index in [2.05, 4.69) is 58.3 Å². The topological polar surface area (TPSA) is 36.8 Å². The van der Waals surface area contributed by atoms with Crippen molar-refractivity contribution in [3.63, 3.8) is 0 Å². The Hall–Kier alpha value is -1.76. The van der Waals surface area contributed by atoms with Crippen LogP contribution in [0, 0.1) is 6.92 Å². The maximum Gasteiger partial charge on any atom is 0.257 e. The van der Waals surface area contributed by atoms with E-state index in [9.17, 15) is 4.79 Å². The SMILES string of the molecule is Cc1ccc2c(c1)[C@@H]1C[NH+](C)CC[C@H]1N2C(=S)NC(=O)c1ccc(Br)cc1. The normalized spacial score (nSPS) is 23.5. The molecule has 2 aromatic carbocycles. The largest absolute Gasteiger partial charge is 0.337 e. The van der Waals surface area contributed by atoms with Gasteiger partial charge in [0.2, 0.25) is 0 Å². The van der Waals surface area contributed by atoms with Gasteiger partial charge < -0.3 is 9.80 Å². The van der Waals surface area contributed by atoms with Crippen LogP contribution in [0.15, 0.2) is 46.9 Å². The van der Waals surface area contributed by atoms with Crippen molar-refractivity contribution in [2.24, 2.45) is 0 Å². The Morgan fingerprint density at radius 3 is 2.74 bits per heavy atom. The van der Waals surface area contributed by atoms with Crippen LogP contribution in [0.4, 0.5) is 5.69 Å². The maximum absolute atomic E-state index is 12.7. The first-order valence-electron chi connectivity index (χ1n) is 9.26. The van der Waals surface area contributed by atoms with Crippen molar-refractivity contribution in [1.82, 2.24) is 5.32 Å². The summed E-state index contributed by atoms with van der Waals surface area (Å²) >= 11 is 9.10. The number of fused-ring (bicyclic) bond motifs is 3. The van der Waals surface area contributed by atoms with Crippen LogP contribution in [0.5, 0.6) is 0 Å². The van der Waals surface area contributed by atoms with Gasteiger partial charge in [-0.05, 0) is 55.0 Å². The quantitative estimate of drug-likeness (QED) is 0.663. The number of hydrogen-bond donors (Lipinski definition) is 2. The number of amides is 1. The minimum absolute atomic E-state index is 0.164. The van der Waals surface area contributed by atoms with Crippen molar-refractivity contribution < 1.29 is 9.69 Å². The van der Waals surface area contributed by atoms with Crippen LogP contribution < -0.4 is 15.1 Å². The zero-order chi connectivity index (χ0) is 19.1. The Labute approximate surface area is 173 Å². The molecule has 0 bridgehead atoms. The number of rotatable bonds is 1. The molecule has 0 saturated carbocycles. The Morgan fingerprint density at radius 2 is 2.00 bits per heavy atom. The molecule has 2 aliphatic rings. The summed E-state index contributed by atoms with van der Waals surface area (Å²) < 4.78 is 0.946. The molecule has 2 aromatic rings. The van der Waals surface area contributed by atoms with E-state index in [0.717, 1.165) is 29.7 Å². The standard InChI is InChI=1S/C21H22BrN3OS/c1-13-3-8-18-16(11-13)17-12-24(2)10-9-19(17)25(18)21(27)23-20(26)14-4-6-15(22)7-5-14/h3-8,11,17,19H,9-10,12H2,1-2H3,(H,23,26,27)/p+1/t17-,19+/m0/s1. The molecule has 27 heavy (non-hydrogen) atoms. The molecule has 2 N–H and O–H groups in total. The van der Waals surface area contributed by atoms with Gasteiger partial charge in [0.15, 0.2) is 5.11 Å². The number of aryl methyl sites for hydroxylation is 1. The molecule has 2 aliphatic heterocycles. The average molecular weight is 445 g/mol. The van der Waals surface area contributed by atoms with E-state index in [-0.39, 0.29) is 5.91 Å². The van der Waals surface area contributed by atoms with Gasteiger partial charge in [0.05, 0.1) is 32.1 Å². The zero-order valence-electron chi connectivity index (χ0n) is 15.5. The first kappa shape index (κ1) is 18.6. The number of piperidine rings is 1. The third-order valence-electron chi connectivity index (χ3n) is 5.62. The van der Waals surface area contributed by atoms with E-state index in [1.54, 1.807) is 17.0 Å². The van der Waals surface area contributed by atoms with Gasteiger partial charge in [-0.1, -0.05) is 33.6 Å². The van der Waals surface area contributed by atoms with Gasteiger partial charge in [-0.3, -0.25) is 10.1 Å². The van der Waals surface area contributed by atoms with Gasteiger partial charge in [0.1, 0.15) is 0 Å². The van der Waals surface area contributed by atoms with Crippen LogP contribution in [0.25, 0.3) is 0 Å². The van der Waals surface area contributed by atoms with E-state index >= 15 is 0 Å². The maximum atomic E-state index is 12.7. The van der Waals surface area contributed by atoms with E-state index in [0.29, 0.717) is 22.6 Å². The predicted molar refractivity (Wildman–Crippen MR) is 116 cm³/mol. The van der Waals surface area contributed by atoms with Crippen molar-refractivity contribution >= 4 is 44.9 Å². The molecule has 6 heteroatoms. The molecule has 0 aromatic heterocycles. The second-order valence-electron chi connectivity index (χ2n) is 7.57. The zero-order valence-corrected chi connectivity index (χ0v) is 17.9. The monoisotopic (exact) mass is 444 g/mol. The number of anilines is 1. The molecule has 1 amide bonds. The van der Waals surface area contributed by atoms with Gasteiger partial charge in [-0.2, -0.15) is 0 Å². The number of nitrogens with zero attached hydrogens (tertiary/aromatic N) is 1. The van der Waals surface area contributed by atoms with Crippen LogP contribution in [-0.4, -0.2) is 37.2 Å². The lowest BCUT2D eigenvalue weighted by Gasteiger charge is -2.35. The summed E-state index contributed by atoms with van der Waals surface area (Å²) in [5, 5.41) is 3.45. The number of quaternary nitrogens is 1. The van der Waals surface area contributed by atoms with Crippen molar-refractivity contribution in [1.29, 1.82) is 0 Å². The number of nitrogens with one attached hydrogen (secondary N) is 2. The highest BCUT2D eigenvalue weighted by atomic mass is 79.9. The van der Waals surface area contributed by atoms with Gasteiger partial charge in [0, 0.05) is 22.1 Å². The van der Waals surface area contributed by atoms with Crippen LogP contribution in [-0.2, 0) is 0 Å². The highest BCUT2D eigenvalue weighted by Gasteiger charge is 2.44. The predicted octanol–water partition coefficient (Wildman–Crippen LogP) is 2.66. The Bertz CT molecular complexity index is 899. The average Bonchev–Trinajstić information content (AvgIpc) is 2.95. The van der Waals surface area contributed by atoms with Crippen LogP contribution >= 0.6 is 28.1 Å². The summed E-state index contributed by atoms with van der Waals surface area (Å²) in [7, 11) is 2.25. The van der Waals surface area contributed by atoms with Crippen molar-refractivity contribution in [3.05, 3.63) is 63.6 Å². The molecule has 1 unspecified atom stereocenters. The molecule has 4 nitrogen and oxygen atoms in total. The first-order chi connectivity index (χ1) is 12.9. The van der Waals surface area contributed by atoms with Gasteiger partial charge in [0.25, 0.3) is 5.91 Å². The highest BCUT2D eigenvalue weighted by Crippen LogP contribution is 2.43. The molecule has 0 radical (unpaired) electrons. The molecule has 3 atom stereocenters. The Morgan fingerprint density at radius 1 is 1.26 bits per heavy atom. The number of likely N-dealkylation sites (N-methyl/N-ethyl adjacent to an activating group) is 1. The van der Waals surface area contributed by atoms with E-state index in [1.807, 2.05) is 12.1 Å². The fraction of sp³-hybridized carbons (Fsp3) is 0.333. The lowest BCUT2D eigenvalue weighted by Crippen LogP contribution is -3.11. The molecule has 0 spiro atoms. The second-order valence-corrected chi connectivity index (χ2v) is 8.87. The summed E-state index contributed by atoms with van der Waals surface area (Å²) in [6.07, 6.45) is 1.07. The number of halogens is 1. The van der Waals surface area contributed by atoms with Crippen molar-refractivity contribution in [2.75, 3.05) is 25.0 Å². The molecule has 140 valence electrons. The first-order valence-corrected chi connectivity index (χ1v) is 10.5. The third kappa shape index (κ3) is 3.53. The molecule has 1 saturated heterocycles. The molecule has 0 aliphatic carbocycles. The minimum atomic E-state index is -0.164. The van der Waals surface area contributed by atoms with Crippen molar-refractivity contribution in [3.8, 4) is 0 Å². The van der Waals surface area contributed by atoms with Crippen molar-refractivity contribution in [2.45, 2.75) is 25.3 Å². The lowest BCUT2D eigenvalue weighted by molar-refractivity contribution is -0.886. The fourth-order valence-electron chi connectivity index (χ4n) is 4.30. The van der Waals surface area contributed by atoms with E-state index < -0.39 is 0 Å². The molecule has 4 rings (SSSR count). The smallest absolute Gasteiger partial charge is 0.257 e. The molecular formula is C21H23BrN3OS+. The van der Waals surface area contributed by atoms with Gasteiger partial charge in [-0.25, -0.2) is 0 Å². The molecular weight excluding hydrogens is 422 g/mol. The van der Waals surface area contributed by atoms with Gasteiger partial charge >= 0.3 is 0 Å². The lowest BCUT2D eigenvalue weighted by atomic mass is 9.89. The summed E-state index contributed by atoms with van der Waals surface area (Å²) in [6.45, 7) is 4.35. The summed E-state index contributed by atoms with van der Waals surface area (Å²) in [5.41, 5.74) is 4.38. The summed E-state index contributed by atoms with van der Waals surface area (Å²) in [6, 6.07) is 14.2. The highest BCUT2D eigenvalue weighted by molar-refractivity contribution is 9.10. The number of carbonyl (C=O) groups excluding carboxylic acids is 1. The summed E-state index contributed by atoms with van der Waals surface area (Å²) in [4.78, 5) is 16.4. The minimum Gasteiger partial charge on any atom is -0.337 e. The van der Waals surface area contributed by atoms with Gasteiger partial charge in [-0.15, -0.1) is 0 Å². The van der Waals surface area contributed by atoms with Crippen LogP contribution in [0.3, 0.4) is 0 Å².